The fourth-order valence-corrected chi connectivity index (χ4v) is 1.96. The molecular weight excluding hydrogens is 198 g/mol. The molecule has 1 N–H and O–H groups in total. The van der Waals surface area contributed by atoms with Crippen LogP contribution < -0.4 is 0 Å². The second kappa shape index (κ2) is 3.45. The van der Waals surface area contributed by atoms with E-state index in [1.165, 1.54) is 16.7 Å². The number of rotatable bonds is 1. The second-order valence-corrected chi connectivity index (χ2v) is 3.81. The Morgan fingerprint density at radius 2 is 1.94 bits per heavy atom. The molecule has 0 spiro atoms. The Kier molecular flexibility index (Phi) is 1.96. The van der Waals surface area contributed by atoms with Gasteiger partial charge in [-0.3, -0.25) is 5.10 Å². The molecule has 0 bridgehead atoms. The molecule has 2 heterocycles. The van der Waals surface area contributed by atoms with Gasteiger partial charge in [0.1, 0.15) is 0 Å². The molecule has 0 saturated carbocycles. The third-order valence-corrected chi connectivity index (χ3v) is 2.79. The van der Waals surface area contributed by atoms with Crippen LogP contribution in [-0.2, 0) is 0 Å². The third-order valence-electron chi connectivity index (χ3n) is 2.79. The zero-order valence-corrected chi connectivity index (χ0v) is 8.94. The average Bonchev–Trinajstić information content (AvgIpc) is 2.77. The van der Waals surface area contributed by atoms with Crippen molar-refractivity contribution >= 4 is 11.0 Å². The second-order valence-electron chi connectivity index (χ2n) is 3.81. The smallest absolute Gasteiger partial charge is 0.155 e. The summed E-state index contributed by atoms with van der Waals surface area (Å²) in [6.45, 7) is 2.11. The van der Waals surface area contributed by atoms with Crippen molar-refractivity contribution < 1.29 is 0 Å². The van der Waals surface area contributed by atoms with Gasteiger partial charge >= 0.3 is 0 Å². The van der Waals surface area contributed by atoms with E-state index in [0.717, 1.165) is 11.0 Å². The Hall–Kier alpha value is -2.16. The summed E-state index contributed by atoms with van der Waals surface area (Å²) >= 11 is 0. The van der Waals surface area contributed by atoms with Crippen molar-refractivity contribution in [1.82, 2.24) is 15.2 Å². The molecule has 0 aliphatic rings. The van der Waals surface area contributed by atoms with Crippen molar-refractivity contribution in [3.8, 4) is 11.1 Å². The average molecular weight is 209 g/mol. The van der Waals surface area contributed by atoms with Crippen LogP contribution in [0.5, 0.6) is 0 Å². The summed E-state index contributed by atoms with van der Waals surface area (Å²) in [6.07, 6.45) is 3.63. The SMILES string of the molecule is Cc1ccccc1-c1ccnc2[nH]ncc12. The van der Waals surface area contributed by atoms with Gasteiger partial charge in [-0.05, 0) is 29.7 Å². The number of pyridine rings is 1. The van der Waals surface area contributed by atoms with E-state index in [9.17, 15) is 0 Å². The number of benzene rings is 1. The third kappa shape index (κ3) is 1.29. The number of aromatic nitrogens is 3. The monoisotopic (exact) mass is 209 g/mol. The summed E-state index contributed by atoms with van der Waals surface area (Å²) in [7, 11) is 0. The predicted molar refractivity (Wildman–Crippen MR) is 64.1 cm³/mol. The Labute approximate surface area is 93.2 Å². The molecular formula is C13H11N3. The zero-order valence-electron chi connectivity index (χ0n) is 8.94. The lowest BCUT2D eigenvalue weighted by Gasteiger charge is -2.05. The maximum Gasteiger partial charge on any atom is 0.155 e. The van der Waals surface area contributed by atoms with Crippen molar-refractivity contribution in [2.24, 2.45) is 0 Å². The highest BCUT2D eigenvalue weighted by atomic mass is 15.1. The van der Waals surface area contributed by atoms with Gasteiger partial charge in [0.05, 0.1) is 6.20 Å². The molecule has 0 amide bonds. The first-order valence-electron chi connectivity index (χ1n) is 5.20. The normalized spacial score (nSPS) is 10.8. The summed E-state index contributed by atoms with van der Waals surface area (Å²) in [6, 6.07) is 10.4. The number of nitrogens with one attached hydrogen (secondary N) is 1. The summed E-state index contributed by atoms with van der Waals surface area (Å²) in [5.41, 5.74) is 4.50. The lowest BCUT2D eigenvalue weighted by atomic mass is 10.00. The van der Waals surface area contributed by atoms with E-state index in [1.54, 1.807) is 0 Å². The van der Waals surface area contributed by atoms with Crippen LogP contribution >= 0.6 is 0 Å². The van der Waals surface area contributed by atoms with Gasteiger partial charge in [-0.15, -0.1) is 0 Å². The Bertz CT molecular complexity index is 640. The minimum atomic E-state index is 0.834. The lowest BCUT2D eigenvalue weighted by molar-refractivity contribution is 1.10. The fourth-order valence-electron chi connectivity index (χ4n) is 1.96. The Balaban J connectivity index is 2.34. The Morgan fingerprint density at radius 1 is 1.06 bits per heavy atom. The number of hydrogen-bond donors (Lipinski definition) is 1. The summed E-state index contributed by atoms with van der Waals surface area (Å²) in [4.78, 5) is 4.24. The molecule has 0 radical (unpaired) electrons. The summed E-state index contributed by atoms with van der Waals surface area (Å²) in [5, 5.41) is 7.98. The van der Waals surface area contributed by atoms with Crippen LogP contribution in [0, 0.1) is 6.92 Å². The van der Waals surface area contributed by atoms with Gasteiger partial charge in [0, 0.05) is 11.6 Å². The van der Waals surface area contributed by atoms with Crippen LogP contribution in [0.15, 0.2) is 42.7 Å². The van der Waals surface area contributed by atoms with E-state index in [-0.39, 0.29) is 0 Å². The molecule has 2 aromatic heterocycles. The molecule has 3 rings (SSSR count). The van der Waals surface area contributed by atoms with Crippen LogP contribution in [0.1, 0.15) is 5.56 Å². The number of fused-ring (bicyclic) bond motifs is 1. The van der Waals surface area contributed by atoms with Crippen LogP contribution in [0.4, 0.5) is 0 Å². The van der Waals surface area contributed by atoms with Gasteiger partial charge in [0.2, 0.25) is 0 Å². The Morgan fingerprint density at radius 3 is 2.81 bits per heavy atom. The van der Waals surface area contributed by atoms with Gasteiger partial charge < -0.3 is 0 Å². The molecule has 0 fully saturated rings. The largest absolute Gasteiger partial charge is 0.261 e. The standard InChI is InChI=1S/C13H11N3/c1-9-4-2-3-5-10(9)11-6-7-14-13-12(11)8-15-16-13/h2-8H,1H3,(H,14,15,16). The van der Waals surface area contributed by atoms with E-state index < -0.39 is 0 Å². The van der Waals surface area contributed by atoms with Crippen LogP contribution in [0.25, 0.3) is 22.2 Å². The van der Waals surface area contributed by atoms with Crippen LogP contribution in [0.2, 0.25) is 0 Å². The minimum Gasteiger partial charge on any atom is -0.261 e. The topological polar surface area (TPSA) is 41.6 Å². The zero-order chi connectivity index (χ0) is 11.0. The van der Waals surface area contributed by atoms with Crippen LogP contribution in [-0.4, -0.2) is 15.2 Å². The van der Waals surface area contributed by atoms with Crippen molar-refractivity contribution in [3.05, 3.63) is 48.3 Å². The number of nitrogens with zero attached hydrogens (tertiary/aromatic N) is 2. The highest BCUT2D eigenvalue weighted by Gasteiger charge is 2.07. The number of aromatic amines is 1. The quantitative estimate of drug-likeness (QED) is 0.669. The first-order valence-corrected chi connectivity index (χ1v) is 5.20. The molecule has 3 nitrogen and oxygen atoms in total. The van der Waals surface area contributed by atoms with Crippen molar-refractivity contribution in [3.63, 3.8) is 0 Å². The number of hydrogen-bond acceptors (Lipinski definition) is 2. The van der Waals surface area contributed by atoms with Crippen molar-refractivity contribution in [1.29, 1.82) is 0 Å². The first kappa shape index (κ1) is 9.09. The lowest BCUT2D eigenvalue weighted by Crippen LogP contribution is -1.85. The van der Waals surface area contributed by atoms with E-state index in [4.69, 9.17) is 0 Å². The molecule has 0 atom stereocenters. The van der Waals surface area contributed by atoms with Gasteiger partial charge in [-0.1, -0.05) is 24.3 Å². The number of H-pyrrole nitrogens is 1. The first-order chi connectivity index (χ1) is 7.86. The molecule has 16 heavy (non-hydrogen) atoms. The van der Waals surface area contributed by atoms with Gasteiger partial charge in [0.15, 0.2) is 5.65 Å². The summed E-state index contributed by atoms with van der Waals surface area (Å²) in [5.74, 6) is 0. The van der Waals surface area contributed by atoms with E-state index >= 15 is 0 Å². The van der Waals surface area contributed by atoms with Gasteiger partial charge in [-0.2, -0.15) is 5.10 Å². The van der Waals surface area contributed by atoms with Gasteiger partial charge in [-0.25, -0.2) is 4.98 Å². The van der Waals surface area contributed by atoms with Crippen molar-refractivity contribution in [2.75, 3.05) is 0 Å². The maximum absolute atomic E-state index is 4.24. The highest BCUT2D eigenvalue weighted by Crippen LogP contribution is 2.28. The van der Waals surface area contributed by atoms with Crippen LogP contribution in [0.3, 0.4) is 0 Å². The van der Waals surface area contributed by atoms with E-state index in [1.807, 2.05) is 24.5 Å². The van der Waals surface area contributed by atoms with E-state index in [0.29, 0.717) is 0 Å². The molecule has 78 valence electrons. The van der Waals surface area contributed by atoms with E-state index in [2.05, 4.69) is 40.3 Å². The molecule has 0 aliphatic heterocycles. The molecule has 0 aliphatic carbocycles. The summed E-state index contributed by atoms with van der Waals surface area (Å²) < 4.78 is 0. The molecule has 3 heteroatoms. The minimum absolute atomic E-state index is 0.834. The maximum atomic E-state index is 4.24. The van der Waals surface area contributed by atoms with Gasteiger partial charge in [0.25, 0.3) is 0 Å². The molecule has 0 unspecified atom stereocenters. The fraction of sp³-hybridized carbons (Fsp3) is 0.0769. The highest BCUT2D eigenvalue weighted by molar-refractivity contribution is 5.92. The molecule has 1 aromatic carbocycles. The number of aryl methyl sites for hydroxylation is 1. The predicted octanol–water partition coefficient (Wildman–Crippen LogP) is 2.93. The van der Waals surface area contributed by atoms with Crippen molar-refractivity contribution in [2.45, 2.75) is 6.92 Å². The molecule has 0 saturated heterocycles. The molecule has 3 aromatic rings.